The molecule has 26 heavy (non-hydrogen) atoms. The van der Waals surface area contributed by atoms with Crippen LogP contribution in [0.5, 0.6) is 5.75 Å². The normalized spacial score (nSPS) is 19.5. The van der Waals surface area contributed by atoms with E-state index in [9.17, 15) is 21.6 Å². The number of hydrogen-bond acceptors (Lipinski definition) is 6. The lowest BCUT2D eigenvalue weighted by molar-refractivity contribution is -0.157. The molecule has 1 aliphatic heterocycles. The molecule has 0 radical (unpaired) electrons. The number of ether oxygens (including phenoxy) is 1. The molecule has 1 unspecified atom stereocenters. The topological polar surface area (TPSA) is 85.5 Å². The van der Waals surface area contributed by atoms with Gasteiger partial charge in [0.2, 0.25) is 15.9 Å². The van der Waals surface area contributed by atoms with Gasteiger partial charge in [0.15, 0.2) is 0 Å². The number of benzene rings is 1. The van der Waals surface area contributed by atoms with E-state index in [2.05, 4.69) is 10.2 Å². The minimum Gasteiger partial charge on any atom is -0.497 e. The zero-order chi connectivity index (χ0) is 18.9. The fraction of sp³-hybridized carbons (Fsp3) is 0.467. The summed E-state index contributed by atoms with van der Waals surface area (Å²) in [6.07, 6.45) is -3.80. The Balaban J connectivity index is 1.82. The smallest absolute Gasteiger partial charge is 0.470 e. The highest BCUT2D eigenvalue weighted by atomic mass is 32.2. The van der Waals surface area contributed by atoms with Crippen LogP contribution in [-0.2, 0) is 16.2 Å². The first-order chi connectivity index (χ1) is 12.2. The van der Waals surface area contributed by atoms with Crippen LogP contribution in [0.15, 0.2) is 33.6 Å². The summed E-state index contributed by atoms with van der Waals surface area (Å²) in [6.45, 7) is 0.231. The summed E-state index contributed by atoms with van der Waals surface area (Å²) in [5.41, 5.74) is 0. The molecule has 0 bridgehead atoms. The molecule has 1 atom stereocenters. The van der Waals surface area contributed by atoms with Gasteiger partial charge in [-0.3, -0.25) is 0 Å². The van der Waals surface area contributed by atoms with Crippen molar-refractivity contribution in [3.63, 3.8) is 0 Å². The minimum absolute atomic E-state index is 0.0287. The van der Waals surface area contributed by atoms with Gasteiger partial charge in [0, 0.05) is 19.2 Å². The molecule has 0 saturated carbocycles. The number of sulfonamides is 1. The van der Waals surface area contributed by atoms with Gasteiger partial charge in [-0.05, 0) is 25.0 Å². The van der Waals surface area contributed by atoms with Gasteiger partial charge in [-0.2, -0.15) is 17.5 Å². The van der Waals surface area contributed by atoms with Crippen molar-refractivity contribution < 1.29 is 30.7 Å². The van der Waals surface area contributed by atoms with E-state index in [0.29, 0.717) is 18.6 Å². The zero-order valence-electron chi connectivity index (χ0n) is 13.7. The van der Waals surface area contributed by atoms with Crippen LogP contribution in [0.1, 0.15) is 30.5 Å². The molecule has 0 spiro atoms. The molecule has 142 valence electrons. The Kier molecular flexibility index (Phi) is 4.93. The monoisotopic (exact) mass is 391 g/mol. The van der Waals surface area contributed by atoms with E-state index in [1.165, 1.54) is 23.5 Å². The maximum Gasteiger partial charge on any atom is 0.470 e. The largest absolute Gasteiger partial charge is 0.497 e. The van der Waals surface area contributed by atoms with Crippen molar-refractivity contribution >= 4 is 10.0 Å². The molecule has 0 N–H and O–H groups in total. The zero-order valence-corrected chi connectivity index (χ0v) is 14.5. The third-order valence-corrected chi connectivity index (χ3v) is 5.96. The number of rotatable bonds is 4. The highest BCUT2D eigenvalue weighted by Gasteiger charge is 2.40. The van der Waals surface area contributed by atoms with E-state index in [1.807, 2.05) is 0 Å². The first-order valence-corrected chi connectivity index (χ1v) is 9.20. The second-order valence-corrected chi connectivity index (χ2v) is 7.76. The van der Waals surface area contributed by atoms with Crippen molar-refractivity contribution in [2.24, 2.45) is 0 Å². The van der Waals surface area contributed by atoms with Crippen LogP contribution in [0.3, 0.4) is 0 Å². The van der Waals surface area contributed by atoms with Crippen LogP contribution in [0.2, 0.25) is 0 Å². The van der Waals surface area contributed by atoms with E-state index in [1.54, 1.807) is 12.1 Å². The van der Waals surface area contributed by atoms with Gasteiger partial charge in [0.1, 0.15) is 5.75 Å². The van der Waals surface area contributed by atoms with Crippen molar-refractivity contribution in [3.05, 3.63) is 36.0 Å². The number of methoxy groups -OCH3 is 1. The second-order valence-electron chi connectivity index (χ2n) is 5.82. The predicted octanol–water partition coefficient (Wildman–Crippen LogP) is 2.67. The van der Waals surface area contributed by atoms with Gasteiger partial charge in [-0.1, -0.05) is 6.07 Å². The van der Waals surface area contributed by atoms with E-state index in [-0.39, 0.29) is 23.9 Å². The maximum atomic E-state index is 12.8. The summed E-state index contributed by atoms with van der Waals surface area (Å²) in [5.74, 6) is -1.83. The molecule has 1 fully saturated rings. The average Bonchev–Trinajstić information content (AvgIpc) is 3.12. The Morgan fingerprint density at radius 2 is 2.08 bits per heavy atom. The van der Waals surface area contributed by atoms with Crippen LogP contribution in [0.4, 0.5) is 13.2 Å². The molecule has 0 amide bonds. The molecule has 7 nitrogen and oxygen atoms in total. The van der Waals surface area contributed by atoms with E-state index in [0.717, 1.165) is 0 Å². The lowest BCUT2D eigenvalue weighted by atomic mass is 10.00. The summed E-state index contributed by atoms with van der Waals surface area (Å²) >= 11 is 0. The van der Waals surface area contributed by atoms with Gasteiger partial charge >= 0.3 is 12.1 Å². The Morgan fingerprint density at radius 3 is 2.73 bits per heavy atom. The minimum atomic E-state index is -4.73. The molecule has 1 aromatic carbocycles. The molecule has 1 aliphatic rings. The molecule has 2 heterocycles. The Bertz CT molecular complexity index is 882. The fourth-order valence-electron chi connectivity index (χ4n) is 2.79. The standard InChI is InChI=1S/C15H16F3N3O4S/c1-24-11-5-2-6-12(8-11)26(22,23)21-7-3-4-10(9-21)13-19-20-14(25-13)15(16,17)18/h2,5-6,8,10H,3-4,7,9H2,1H3. The Hall–Kier alpha value is -2.14. The van der Waals surface area contributed by atoms with Gasteiger partial charge in [-0.15, -0.1) is 10.2 Å². The molecule has 1 saturated heterocycles. The quantitative estimate of drug-likeness (QED) is 0.797. The highest BCUT2D eigenvalue weighted by molar-refractivity contribution is 7.89. The molecular weight excluding hydrogens is 375 g/mol. The summed E-state index contributed by atoms with van der Waals surface area (Å²) in [6, 6.07) is 6.01. The van der Waals surface area contributed by atoms with Crippen LogP contribution in [0, 0.1) is 0 Å². The first-order valence-electron chi connectivity index (χ1n) is 7.76. The summed E-state index contributed by atoms with van der Waals surface area (Å²) in [5, 5.41) is 6.45. The lowest BCUT2D eigenvalue weighted by Gasteiger charge is -2.30. The van der Waals surface area contributed by atoms with Gasteiger partial charge < -0.3 is 9.15 Å². The highest BCUT2D eigenvalue weighted by Crippen LogP contribution is 2.33. The maximum absolute atomic E-state index is 12.8. The SMILES string of the molecule is COc1cccc(S(=O)(=O)N2CCCC(c3nnc(C(F)(F)F)o3)C2)c1. The van der Waals surface area contributed by atoms with E-state index >= 15 is 0 Å². The van der Waals surface area contributed by atoms with E-state index < -0.39 is 28.0 Å². The summed E-state index contributed by atoms with van der Waals surface area (Å²) < 4.78 is 74.4. The second kappa shape index (κ2) is 6.88. The summed E-state index contributed by atoms with van der Waals surface area (Å²) in [7, 11) is -2.39. The van der Waals surface area contributed by atoms with Crippen LogP contribution in [0.25, 0.3) is 0 Å². The number of piperidine rings is 1. The lowest BCUT2D eigenvalue weighted by Crippen LogP contribution is -2.39. The van der Waals surface area contributed by atoms with Crippen molar-refractivity contribution in [1.82, 2.24) is 14.5 Å². The molecule has 0 aliphatic carbocycles. The molecule has 3 rings (SSSR count). The van der Waals surface area contributed by atoms with Gasteiger partial charge in [-0.25, -0.2) is 8.42 Å². The van der Waals surface area contributed by atoms with Crippen LogP contribution < -0.4 is 4.74 Å². The van der Waals surface area contributed by atoms with Crippen molar-refractivity contribution in [2.75, 3.05) is 20.2 Å². The number of aromatic nitrogens is 2. The summed E-state index contributed by atoms with van der Waals surface area (Å²) in [4.78, 5) is 0.0546. The Labute approximate surface area is 147 Å². The van der Waals surface area contributed by atoms with Crippen molar-refractivity contribution in [2.45, 2.75) is 29.8 Å². The van der Waals surface area contributed by atoms with E-state index in [4.69, 9.17) is 9.15 Å². The third kappa shape index (κ3) is 3.68. The molecule has 11 heteroatoms. The van der Waals surface area contributed by atoms with Gasteiger partial charge in [0.05, 0.1) is 17.9 Å². The predicted molar refractivity (Wildman–Crippen MR) is 83.0 cm³/mol. The van der Waals surface area contributed by atoms with Crippen molar-refractivity contribution in [3.8, 4) is 5.75 Å². The third-order valence-electron chi connectivity index (χ3n) is 4.10. The first kappa shape index (κ1) is 18.6. The Morgan fingerprint density at radius 1 is 1.31 bits per heavy atom. The number of nitrogens with zero attached hydrogens (tertiary/aromatic N) is 3. The number of alkyl halides is 3. The van der Waals surface area contributed by atoms with Gasteiger partial charge in [0.25, 0.3) is 0 Å². The molecular formula is C15H16F3N3O4S. The van der Waals surface area contributed by atoms with Crippen LogP contribution in [-0.4, -0.2) is 43.1 Å². The molecule has 2 aromatic rings. The average molecular weight is 391 g/mol. The van der Waals surface area contributed by atoms with Crippen LogP contribution >= 0.6 is 0 Å². The number of halogens is 3. The fourth-order valence-corrected chi connectivity index (χ4v) is 4.35. The molecule has 1 aromatic heterocycles. The van der Waals surface area contributed by atoms with Crippen molar-refractivity contribution in [1.29, 1.82) is 0 Å². The number of hydrogen-bond donors (Lipinski definition) is 0.